The zero-order chi connectivity index (χ0) is 16.9. The van der Waals surface area contributed by atoms with Crippen molar-refractivity contribution in [3.05, 3.63) is 22.8 Å². The Balaban J connectivity index is 1.70. The highest BCUT2D eigenvalue weighted by Gasteiger charge is 2.26. The first-order valence-corrected chi connectivity index (χ1v) is 9.27. The van der Waals surface area contributed by atoms with Crippen LogP contribution in [0.25, 0.3) is 0 Å². The number of pyridine rings is 1. The van der Waals surface area contributed by atoms with E-state index in [1.807, 2.05) is 11.8 Å². The lowest BCUT2D eigenvalue weighted by Gasteiger charge is -2.33. The molecule has 6 heteroatoms. The van der Waals surface area contributed by atoms with E-state index in [9.17, 15) is 4.79 Å². The molecule has 1 aliphatic carbocycles. The van der Waals surface area contributed by atoms with Crippen LogP contribution in [0, 0.1) is 0 Å². The summed E-state index contributed by atoms with van der Waals surface area (Å²) in [6.45, 7) is 3.99. The summed E-state index contributed by atoms with van der Waals surface area (Å²) in [5.74, 6) is 0.388. The average molecular weight is 353 g/mol. The summed E-state index contributed by atoms with van der Waals surface area (Å²) >= 11 is 6.29. The topological polar surface area (TPSA) is 51.7 Å². The van der Waals surface area contributed by atoms with Gasteiger partial charge in [0.1, 0.15) is 11.1 Å². The summed E-state index contributed by atoms with van der Waals surface area (Å²) in [7, 11) is 0. The van der Waals surface area contributed by atoms with Gasteiger partial charge in [0.15, 0.2) is 0 Å². The molecule has 1 atom stereocenters. The molecule has 1 unspecified atom stereocenters. The average Bonchev–Trinajstić information content (AvgIpc) is 3.11. The fourth-order valence-corrected chi connectivity index (χ4v) is 3.73. The molecule has 1 amide bonds. The first-order valence-electron chi connectivity index (χ1n) is 8.90. The van der Waals surface area contributed by atoms with Crippen molar-refractivity contribution >= 4 is 17.5 Å². The molecule has 1 aromatic rings. The second-order valence-corrected chi connectivity index (χ2v) is 6.90. The number of rotatable bonds is 5. The first-order chi connectivity index (χ1) is 11.7. The SMILES string of the molecule is CCN(C(=O)c1cnc(OC2CCOC2)c(Cl)c1)C1CCCCC1. The molecular weight excluding hydrogens is 328 g/mol. The molecule has 132 valence electrons. The maximum atomic E-state index is 12.8. The number of aromatic nitrogens is 1. The van der Waals surface area contributed by atoms with Gasteiger partial charge in [0.25, 0.3) is 5.91 Å². The second-order valence-electron chi connectivity index (χ2n) is 6.50. The molecule has 2 heterocycles. The van der Waals surface area contributed by atoms with Crippen LogP contribution in [-0.4, -0.2) is 47.7 Å². The summed E-state index contributed by atoms with van der Waals surface area (Å²) < 4.78 is 11.0. The third kappa shape index (κ3) is 4.01. The van der Waals surface area contributed by atoms with E-state index in [2.05, 4.69) is 4.98 Å². The number of carbonyl (C=O) groups excluding carboxylic acids is 1. The molecule has 1 aliphatic heterocycles. The molecule has 5 nitrogen and oxygen atoms in total. The molecule has 2 fully saturated rings. The van der Waals surface area contributed by atoms with E-state index in [-0.39, 0.29) is 12.0 Å². The second kappa shape index (κ2) is 8.17. The van der Waals surface area contributed by atoms with E-state index in [0.717, 1.165) is 19.3 Å². The fourth-order valence-electron chi connectivity index (χ4n) is 3.52. The van der Waals surface area contributed by atoms with E-state index in [0.29, 0.717) is 42.3 Å². The number of nitrogens with zero attached hydrogens (tertiary/aromatic N) is 2. The normalized spacial score (nSPS) is 21.7. The van der Waals surface area contributed by atoms with Crippen molar-refractivity contribution in [1.29, 1.82) is 0 Å². The van der Waals surface area contributed by atoms with Crippen molar-refractivity contribution in [1.82, 2.24) is 9.88 Å². The molecule has 0 aromatic carbocycles. The van der Waals surface area contributed by atoms with Crippen LogP contribution >= 0.6 is 11.6 Å². The van der Waals surface area contributed by atoms with Gasteiger partial charge in [-0.1, -0.05) is 30.9 Å². The number of ether oxygens (including phenoxy) is 2. The number of hydrogen-bond acceptors (Lipinski definition) is 4. The largest absolute Gasteiger partial charge is 0.471 e. The van der Waals surface area contributed by atoms with Gasteiger partial charge in [-0.15, -0.1) is 0 Å². The molecule has 24 heavy (non-hydrogen) atoms. The van der Waals surface area contributed by atoms with Crippen LogP contribution in [0.2, 0.25) is 5.02 Å². The van der Waals surface area contributed by atoms with Crippen LogP contribution in [0.3, 0.4) is 0 Å². The maximum Gasteiger partial charge on any atom is 0.255 e. The predicted octanol–water partition coefficient (Wildman–Crippen LogP) is 3.70. The summed E-state index contributed by atoms with van der Waals surface area (Å²) in [6, 6.07) is 2.01. The molecule has 1 saturated heterocycles. The molecule has 0 spiro atoms. The molecule has 0 bridgehead atoms. The molecule has 1 saturated carbocycles. The van der Waals surface area contributed by atoms with Crippen molar-refractivity contribution in [2.45, 2.75) is 57.6 Å². The standard InChI is InChI=1S/C18H25ClN2O3/c1-2-21(14-6-4-3-5-7-14)18(22)13-10-16(19)17(20-11-13)24-15-8-9-23-12-15/h10-11,14-15H,2-9,12H2,1H3. The first kappa shape index (κ1) is 17.5. The summed E-state index contributed by atoms with van der Waals surface area (Å²) in [4.78, 5) is 19.1. The van der Waals surface area contributed by atoms with Crippen LogP contribution < -0.4 is 4.74 Å². The monoisotopic (exact) mass is 352 g/mol. The van der Waals surface area contributed by atoms with Gasteiger partial charge in [-0.05, 0) is 25.8 Å². The maximum absolute atomic E-state index is 12.8. The third-order valence-corrected chi connectivity index (χ3v) is 5.11. The van der Waals surface area contributed by atoms with Gasteiger partial charge in [0, 0.05) is 25.2 Å². The summed E-state index contributed by atoms with van der Waals surface area (Å²) in [6.07, 6.45) is 8.24. The van der Waals surface area contributed by atoms with Crippen LogP contribution in [-0.2, 0) is 4.74 Å². The molecule has 3 rings (SSSR count). The Hall–Kier alpha value is -1.33. The van der Waals surface area contributed by atoms with E-state index in [4.69, 9.17) is 21.1 Å². The Bertz CT molecular complexity index is 569. The van der Waals surface area contributed by atoms with Gasteiger partial charge in [0.2, 0.25) is 5.88 Å². The Morgan fingerprint density at radius 1 is 1.38 bits per heavy atom. The highest BCUT2D eigenvalue weighted by Crippen LogP contribution is 2.27. The highest BCUT2D eigenvalue weighted by molar-refractivity contribution is 6.32. The van der Waals surface area contributed by atoms with Crippen molar-refractivity contribution in [3.8, 4) is 5.88 Å². The minimum absolute atomic E-state index is 0.00840. The van der Waals surface area contributed by atoms with Crippen LogP contribution in [0.4, 0.5) is 0 Å². The molecular formula is C18H25ClN2O3. The number of hydrogen-bond donors (Lipinski definition) is 0. The molecule has 2 aliphatic rings. The van der Waals surface area contributed by atoms with E-state index in [1.165, 1.54) is 19.3 Å². The number of carbonyl (C=O) groups is 1. The van der Waals surface area contributed by atoms with E-state index < -0.39 is 0 Å². The summed E-state index contributed by atoms with van der Waals surface area (Å²) in [5, 5.41) is 0.382. The van der Waals surface area contributed by atoms with Crippen molar-refractivity contribution in [3.63, 3.8) is 0 Å². The van der Waals surface area contributed by atoms with Gasteiger partial charge in [-0.3, -0.25) is 4.79 Å². The van der Waals surface area contributed by atoms with Crippen LogP contribution in [0.15, 0.2) is 12.3 Å². The lowest BCUT2D eigenvalue weighted by molar-refractivity contribution is 0.0647. The zero-order valence-electron chi connectivity index (χ0n) is 14.2. The van der Waals surface area contributed by atoms with Gasteiger partial charge in [-0.25, -0.2) is 4.98 Å². The van der Waals surface area contributed by atoms with Crippen molar-refractivity contribution in [2.24, 2.45) is 0 Å². The zero-order valence-corrected chi connectivity index (χ0v) is 14.9. The molecule has 0 N–H and O–H groups in total. The molecule has 0 radical (unpaired) electrons. The van der Waals surface area contributed by atoms with E-state index >= 15 is 0 Å². The lowest BCUT2D eigenvalue weighted by atomic mass is 9.94. The van der Waals surface area contributed by atoms with Crippen LogP contribution in [0.1, 0.15) is 55.8 Å². The quantitative estimate of drug-likeness (QED) is 0.810. The summed E-state index contributed by atoms with van der Waals surface area (Å²) in [5.41, 5.74) is 0.530. The minimum atomic E-state index is -0.00840. The van der Waals surface area contributed by atoms with Gasteiger partial charge in [-0.2, -0.15) is 0 Å². The Morgan fingerprint density at radius 3 is 2.79 bits per heavy atom. The number of amides is 1. The smallest absolute Gasteiger partial charge is 0.255 e. The fraction of sp³-hybridized carbons (Fsp3) is 0.667. The van der Waals surface area contributed by atoms with E-state index in [1.54, 1.807) is 12.3 Å². The van der Waals surface area contributed by atoms with Crippen LogP contribution in [0.5, 0.6) is 5.88 Å². The van der Waals surface area contributed by atoms with Crippen molar-refractivity contribution in [2.75, 3.05) is 19.8 Å². The Labute approximate surface area is 148 Å². The highest BCUT2D eigenvalue weighted by atomic mass is 35.5. The third-order valence-electron chi connectivity index (χ3n) is 4.84. The number of halogens is 1. The molecule has 1 aromatic heterocycles. The predicted molar refractivity (Wildman–Crippen MR) is 92.7 cm³/mol. The van der Waals surface area contributed by atoms with Gasteiger partial charge >= 0.3 is 0 Å². The Kier molecular flexibility index (Phi) is 5.95. The van der Waals surface area contributed by atoms with Gasteiger partial charge < -0.3 is 14.4 Å². The van der Waals surface area contributed by atoms with Crippen molar-refractivity contribution < 1.29 is 14.3 Å². The lowest BCUT2D eigenvalue weighted by Crippen LogP contribution is -2.41. The van der Waals surface area contributed by atoms with Gasteiger partial charge in [0.05, 0.1) is 18.8 Å². The minimum Gasteiger partial charge on any atom is -0.471 e. The Morgan fingerprint density at radius 2 is 2.17 bits per heavy atom.